The Morgan fingerprint density at radius 3 is 2.54 bits per heavy atom. The number of anilines is 2. The Kier molecular flexibility index (Phi) is 9.42. The van der Waals surface area contributed by atoms with E-state index in [1.807, 2.05) is 20.8 Å². The van der Waals surface area contributed by atoms with E-state index < -0.39 is 17.5 Å². The minimum Gasteiger partial charge on any atom is -0.506 e. The normalized spacial score (nSPS) is 20.6. The van der Waals surface area contributed by atoms with E-state index in [0.717, 1.165) is 24.8 Å². The Labute approximate surface area is 225 Å². The molecule has 1 saturated heterocycles. The van der Waals surface area contributed by atoms with Crippen LogP contribution in [-0.2, 0) is 30.2 Å². The first-order valence-electron chi connectivity index (χ1n) is 13.0. The van der Waals surface area contributed by atoms with E-state index in [9.17, 15) is 14.7 Å². The van der Waals surface area contributed by atoms with Crippen LogP contribution in [0.5, 0.6) is 5.75 Å². The molecule has 2 aliphatic heterocycles. The molecule has 0 aromatic heterocycles. The zero-order valence-corrected chi connectivity index (χ0v) is 23.6. The molecule has 2 aliphatic rings. The van der Waals surface area contributed by atoms with Gasteiger partial charge in [-0.25, -0.2) is 0 Å². The molecule has 1 fully saturated rings. The van der Waals surface area contributed by atoms with Crippen molar-refractivity contribution >= 4 is 40.6 Å². The molecule has 0 bridgehead atoms. The van der Waals surface area contributed by atoms with Gasteiger partial charge in [-0.1, -0.05) is 0 Å². The van der Waals surface area contributed by atoms with Gasteiger partial charge in [0.15, 0.2) is 11.4 Å². The second-order valence-corrected chi connectivity index (χ2v) is 12.0. The minimum absolute atomic E-state index is 0.0538. The molecule has 2 atom stereocenters. The molecular weight excluding hydrogens is 494 g/mol. The molecule has 0 aliphatic carbocycles. The van der Waals surface area contributed by atoms with Gasteiger partial charge >= 0.3 is 5.97 Å². The molecule has 10 heteroatoms. The van der Waals surface area contributed by atoms with Crippen LogP contribution in [0.15, 0.2) is 12.1 Å². The summed E-state index contributed by atoms with van der Waals surface area (Å²) in [6.45, 7) is 12.4. The number of thiocarbonyl (C=S) groups is 1. The maximum atomic E-state index is 13.7. The lowest BCUT2D eigenvalue weighted by Crippen LogP contribution is -2.43. The van der Waals surface area contributed by atoms with Crippen molar-refractivity contribution in [3.05, 3.63) is 17.7 Å². The van der Waals surface area contributed by atoms with Crippen molar-refractivity contribution < 1.29 is 28.9 Å². The predicted octanol–water partition coefficient (Wildman–Crippen LogP) is 4.26. The first-order chi connectivity index (χ1) is 17.2. The van der Waals surface area contributed by atoms with E-state index in [4.69, 9.17) is 26.4 Å². The molecule has 3 N–H and O–H groups in total. The average Bonchev–Trinajstić information content (AvgIpc) is 2.89. The third kappa shape index (κ3) is 8.55. The number of aryl methyl sites for hydroxylation is 1. The lowest BCUT2D eigenvalue weighted by molar-refractivity contribution is -0.164. The Morgan fingerprint density at radius 2 is 1.92 bits per heavy atom. The maximum absolute atomic E-state index is 13.7. The minimum atomic E-state index is -0.959. The molecule has 0 radical (unpaired) electrons. The number of nitrogens with one attached hydrogen (secondary N) is 2. The summed E-state index contributed by atoms with van der Waals surface area (Å²) < 4.78 is 17.1. The third-order valence-corrected chi connectivity index (χ3v) is 6.14. The van der Waals surface area contributed by atoms with Crippen molar-refractivity contribution in [2.75, 3.05) is 30.0 Å². The van der Waals surface area contributed by atoms with Crippen molar-refractivity contribution in [2.24, 2.45) is 5.92 Å². The molecule has 0 spiro atoms. The number of hydrogen-bond donors (Lipinski definition) is 3. The summed E-state index contributed by atoms with van der Waals surface area (Å²) in [5.41, 5.74) is 0.815. The van der Waals surface area contributed by atoms with Crippen molar-refractivity contribution in [3.8, 4) is 5.75 Å². The molecule has 3 rings (SSSR count). The largest absolute Gasteiger partial charge is 0.506 e. The van der Waals surface area contributed by atoms with Crippen LogP contribution in [0.3, 0.4) is 0 Å². The highest BCUT2D eigenvalue weighted by Crippen LogP contribution is 2.37. The van der Waals surface area contributed by atoms with Gasteiger partial charge in [0.2, 0.25) is 5.91 Å². The topological polar surface area (TPSA) is 109 Å². The quantitative estimate of drug-likeness (QED) is 0.213. The zero-order chi connectivity index (χ0) is 27.4. The fourth-order valence-corrected chi connectivity index (χ4v) is 4.75. The highest BCUT2D eigenvalue weighted by molar-refractivity contribution is 7.80. The SMILES string of the molecule is CC(C)(C)NC(=S)Nc1cc2c(cc1O)N(CCOC1CCCCO1)C(=O)C(C(=O)OC(C)(C)C)CC2. The van der Waals surface area contributed by atoms with Crippen LogP contribution in [0.4, 0.5) is 11.4 Å². The number of carbonyl (C=O) groups excluding carboxylic acids is 2. The fourth-order valence-electron chi connectivity index (χ4n) is 4.34. The molecule has 206 valence electrons. The monoisotopic (exact) mass is 535 g/mol. The number of fused-ring (bicyclic) bond motifs is 1. The van der Waals surface area contributed by atoms with Gasteiger partial charge in [-0.3, -0.25) is 9.59 Å². The molecular formula is C27H41N3O6S. The molecule has 9 nitrogen and oxygen atoms in total. The summed E-state index contributed by atoms with van der Waals surface area (Å²) in [4.78, 5) is 28.2. The van der Waals surface area contributed by atoms with Gasteiger partial charge in [0, 0.05) is 24.8 Å². The standard InChI is InChI=1S/C27H41N3O6S/c1-26(2,3)29-25(37)28-19-15-17-10-11-18(24(33)36-27(4,5)6)23(32)30(20(17)16-21(19)31)12-14-35-22-9-7-8-13-34-22/h15-16,18,22,31H,7-14H2,1-6H3,(H2,28,29,37). The summed E-state index contributed by atoms with van der Waals surface area (Å²) in [7, 11) is 0. The zero-order valence-electron chi connectivity index (χ0n) is 22.8. The van der Waals surface area contributed by atoms with Crippen molar-refractivity contribution in [1.82, 2.24) is 5.32 Å². The number of phenolic OH excluding ortho intramolecular Hbond substituents is 1. The number of benzene rings is 1. The second kappa shape index (κ2) is 12.0. The number of phenols is 1. The number of rotatable bonds is 6. The van der Waals surface area contributed by atoms with Gasteiger partial charge in [0.1, 0.15) is 17.3 Å². The smallest absolute Gasteiger partial charge is 0.319 e. The van der Waals surface area contributed by atoms with Crippen LogP contribution in [-0.4, -0.2) is 59.3 Å². The van der Waals surface area contributed by atoms with Crippen LogP contribution in [0, 0.1) is 5.92 Å². The van der Waals surface area contributed by atoms with E-state index in [2.05, 4.69) is 10.6 Å². The molecule has 2 unspecified atom stereocenters. The summed E-state index contributed by atoms with van der Waals surface area (Å²) in [5.74, 6) is -1.93. The van der Waals surface area contributed by atoms with E-state index >= 15 is 0 Å². The van der Waals surface area contributed by atoms with Crippen LogP contribution in [0.1, 0.15) is 72.8 Å². The second-order valence-electron chi connectivity index (χ2n) is 11.6. The lowest BCUT2D eigenvalue weighted by atomic mass is 9.99. The number of nitrogens with zero attached hydrogens (tertiary/aromatic N) is 1. The summed E-state index contributed by atoms with van der Waals surface area (Å²) in [6.07, 6.45) is 3.30. The lowest BCUT2D eigenvalue weighted by Gasteiger charge is -2.29. The number of hydrogen-bond acceptors (Lipinski definition) is 7. The summed E-state index contributed by atoms with van der Waals surface area (Å²) in [5, 5.41) is 17.4. The Balaban J connectivity index is 1.86. The van der Waals surface area contributed by atoms with Gasteiger partial charge in [-0.2, -0.15) is 0 Å². The number of aromatic hydroxyl groups is 1. The van der Waals surface area contributed by atoms with Gasteiger partial charge < -0.3 is 34.9 Å². The van der Waals surface area contributed by atoms with Crippen molar-refractivity contribution in [2.45, 2.75) is 91.1 Å². The van der Waals surface area contributed by atoms with Crippen LogP contribution >= 0.6 is 12.2 Å². The number of ether oxygens (including phenoxy) is 3. The summed E-state index contributed by atoms with van der Waals surface area (Å²) >= 11 is 5.40. The van der Waals surface area contributed by atoms with Gasteiger partial charge in [-0.05, 0) is 97.5 Å². The highest BCUT2D eigenvalue weighted by atomic mass is 32.1. The number of carbonyl (C=O) groups is 2. The molecule has 1 aromatic carbocycles. The molecule has 0 saturated carbocycles. The molecule has 2 heterocycles. The Hall–Kier alpha value is -2.43. The van der Waals surface area contributed by atoms with Crippen LogP contribution in [0.2, 0.25) is 0 Å². The predicted molar refractivity (Wildman–Crippen MR) is 147 cm³/mol. The Morgan fingerprint density at radius 1 is 1.19 bits per heavy atom. The number of amides is 1. The fraction of sp³-hybridized carbons (Fsp3) is 0.667. The van der Waals surface area contributed by atoms with Crippen molar-refractivity contribution in [1.29, 1.82) is 0 Å². The average molecular weight is 536 g/mol. The first-order valence-corrected chi connectivity index (χ1v) is 13.4. The van der Waals surface area contributed by atoms with Gasteiger partial charge in [-0.15, -0.1) is 0 Å². The Bertz CT molecular complexity index is 995. The van der Waals surface area contributed by atoms with E-state index in [0.29, 0.717) is 35.9 Å². The van der Waals surface area contributed by atoms with E-state index in [-0.39, 0.29) is 36.6 Å². The van der Waals surface area contributed by atoms with Gasteiger partial charge in [0.05, 0.1) is 18.0 Å². The van der Waals surface area contributed by atoms with E-state index in [1.54, 1.807) is 32.9 Å². The van der Waals surface area contributed by atoms with Crippen molar-refractivity contribution in [3.63, 3.8) is 0 Å². The highest BCUT2D eigenvalue weighted by Gasteiger charge is 2.38. The van der Waals surface area contributed by atoms with Gasteiger partial charge in [0.25, 0.3) is 0 Å². The van der Waals surface area contributed by atoms with E-state index in [1.165, 1.54) is 4.90 Å². The summed E-state index contributed by atoms with van der Waals surface area (Å²) in [6, 6.07) is 3.33. The third-order valence-electron chi connectivity index (χ3n) is 5.94. The molecule has 37 heavy (non-hydrogen) atoms. The first kappa shape index (κ1) is 29.1. The molecule has 1 aromatic rings. The van der Waals surface area contributed by atoms with Crippen LogP contribution in [0.25, 0.3) is 0 Å². The number of esters is 1. The maximum Gasteiger partial charge on any atom is 0.319 e. The molecule has 1 amide bonds. The van der Waals surface area contributed by atoms with Crippen LogP contribution < -0.4 is 15.5 Å².